The van der Waals surface area contributed by atoms with Crippen LogP contribution in [0.4, 0.5) is 5.82 Å². The molecule has 0 aromatic carbocycles. The van der Waals surface area contributed by atoms with E-state index < -0.39 is 0 Å². The van der Waals surface area contributed by atoms with E-state index in [9.17, 15) is 9.59 Å². The lowest BCUT2D eigenvalue weighted by atomic mass is 10.2. The fraction of sp³-hybridized carbons (Fsp3) is 0.368. The number of aromatic nitrogens is 5. The van der Waals surface area contributed by atoms with Crippen molar-refractivity contribution in [2.24, 2.45) is 0 Å². The van der Waals surface area contributed by atoms with Crippen molar-refractivity contribution >= 4 is 11.7 Å². The highest BCUT2D eigenvalue weighted by Gasteiger charge is 2.24. The topological polar surface area (TPSA) is 121 Å². The summed E-state index contributed by atoms with van der Waals surface area (Å²) in [5, 5.41) is 10.1. The molecule has 3 aromatic rings. The molecule has 10 heteroatoms. The molecule has 1 N–H and O–H groups in total. The maximum atomic E-state index is 12.5. The average Bonchev–Trinajstić information content (AvgIpc) is 3.25. The first-order chi connectivity index (χ1) is 14.0. The largest absolute Gasteiger partial charge is 0.353 e. The van der Waals surface area contributed by atoms with Crippen LogP contribution in [0, 0.1) is 0 Å². The summed E-state index contributed by atoms with van der Waals surface area (Å²) in [6.07, 6.45) is 1.73. The van der Waals surface area contributed by atoms with Gasteiger partial charge in [0.1, 0.15) is 11.5 Å². The Hall–Kier alpha value is -3.56. The van der Waals surface area contributed by atoms with Crippen LogP contribution in [-0.2, 0) is 0 Å². The van der Waals surface area contributed by atoms with Gasteiger partial charge in [-0.25, -0.2) is 10.1 Å². The Morgan fingerprint density at radius 1 is 1.14 bits per heavy atom. The van der Waals surface area contributed by atoms with Crippen molar-refractivity contribution in [1.82, 2.24) is 30.2 Å². The molecule has 150 valence electrons. The van der Waals surface area contributed by atoms with Crippen molar-refractivity contribution in [1.29, 1.82) is 0 Å². The van der Waals surface area contributed by atoms with Gasteiger partial charge in [-0.3, -0.25) is 9.59 Å². The Labute approximate surface area is 166 Å². The predicted octanol–water partition coefficient (Wildman–Crippen LogP) is 1.30. The van der Waals surface area contributed by atoms with E-state index in [1.54, 1.807) is 11.1 Å². The van der Waals surface area contributed by atoms with Gasteiger partial charge in [-0.1, -0.05) is 19.0 Å². The van der Waals surface area contributed by atoms with E-state index >= 15 is 0 Å². The van der Waals surface area contributed by atoms with Crippen LogP contribution in [0.3, 0.4) is 0 Å². The molecule has 0 spiro atoms. The third kappa shape index (κ3) is 4.00. The standard InChI is InChI=1S/C19H21N7O3/c1-12(2)18-21-17(24-29-18)13-3-5-15(20-11-13)25-7-9-26(10-8-25)19(28)14-4-6-16(27)23-22-14/h3-6,11-12H,7-10H2,1-2H3,(H,23,27). The molecule has 1 aliphatic rings. The minimum atomic E-state index is -0.331. The number of pyridine rings is 1. The Morgan fingerprint density at radius 2 is 1.93 bits per heavy atom. The summed E-state index contributed by atoms with van der Waals surface area (Å²) in [4.78, 5) is 36.3. The Morgan fingerprint density at radius 3 is 2.52 bits per heavy atom. The molecular weight excluding hydrogens is 374 g/mol. The Balaban J connectivity index is 1.38. The number of H-pyrrole nitrogens is 1. The van der Waals surface area contributed by atoms with Gasteiger partial charge in [-0.15, -0.1) is 0 Å². The number of nitrogens with one attached hydrogen (secondary N) is 1. The van der Waals surface area contributed by atoms with E-state index in [0.717, 1.165) is 11.4 Å². The third-order valence-corrected chi connectivity index (χ3v) is 4.73. The molecule has 1 aliphatic heterocycles. The molecule has 4 rings (SSSR count). The maximum Gasteiger partial charge on any atom is 0.274 e. The summed E-state index contributed by atoms with van der Waals surface area (Å²) in [7, 11) is 0. The lowest BCUT2D eigenvalue weighted by Gasteiger charge is -2.35. The molecule has 1 saturated heterocycles. The van der Waals surface area contributed by atoms with Crippen LogP contribution in [0.25, 0.3) is 11.4 Å². The highest BCUT2D eigenvalue weighted by atomic mass is 16.5. The molecule has 0 bridgehead atoms. The van der Waals surface area contributed by atoms with Crippen LogP contribution in [0.1, 0.15) is 36.1 Å². The van der Waals surface area contributed by atoms with Crippen LogP contribution in [-0.4, -0.2) is 62.3 Å². The third-order valence-electron chi connectivity index (χ3n) is 4.73. The van der Waals surface area contributed by atoms with Crippen LogP contribution >= 0.6 is 0 Å². The minimum absolute atomic E-state index is 0.175. The molecule has 0 radical (unpaired) electrons. The van der Waals surface area contributed by atoms with Gasteiger partial charge in [-0.05, 0) is 18.2 Å². The fourth-order valence-electron chi connectivity index (χ4n) is 3.06. The highest BCUT2D eigenvalue weighted by Crippen LogP contribution is 2.21. The van der Waals surface area contributed by atoms with Crippen LogP contribution in [0.15, 0.2) is 39.8 Å². The van der Waals surface area contributed by atoms with Gasteiger partial charge in [0.15, 0.2) is 0 Å². The fourth-order valence-corrected chi connectivity index (χ4v) is 3.06. The van der Waals surface area contributed by atoms with Crippen LogP contribution in [0.5, 0.6) is 0 Å². The minimum Gasteiger partial charge on any atom is -0.353 e. The highest BCUT2D eigenvalue weighted by molar-refractivity contribution is 5.92. The second-order valence-electron chi connectivity index (χ2n) is 7.10. The normalized spacial score (nSPS) is 14.4. The van der Waals surface area contributed by atoms with Crippen molar-refractivity contribution < 1.29 is 9.32 Å². The zero-order valence-electron chi connectivity index (χ0n) is 16.2. The average molecular weight is 395 g/mol. The number of carbonyl (C=O) groups excluding carboxylic acids is 1. The van der Waals surface area contributed by atoms with Crippen molar-refractivity contribution in [2.45, 2.75) is 19.8 Å². The van der Waals surface area contributed by atoms with Crippen molar-refractivity contribution in [3.63, 3.8) is 0 Å². The summed E-state index contributed by atoms with van der Waals surface area (Å²) in [6, 6.07) is 6.58. The summed E-state index contributed by atoms with van der Waals surface area (Å²) in [5.74, 6) is 1.94. The summed E-state index contributed by atoms with van der Waals surface area (Å²) >= 11 is 0. The van der Waals surface area contributed by atoms with Crippen molar-refractivity contribution in [3.05, 3.63) is 52.4 Å². The quantitative estimate of drug-likeness (QED) is 0.702. The smallest absolute Gasteiger partial charge is 0.274 e. The van der Waals surface area contributed by atoms with E-state index in [4.69, 9.17) is 4.52 Å². The van der Waals surface area contributed by atoms with Gasteiger partial charge in [0.2, 0.25) is 11.7 Å². The van der Waals surface area contributed by atoms with Gasteiger partial charge in [0, 0.05) is 49.9 Å². The molecule has 0 aliphatic carbocycles. The van der Waals surface area contributed by atoms with Crippen LogP contribution in [0.2, 0.25) is 0 Å². The first-order valence-corrected chi connectivity index (χ1v) is 9.41. The number of rotatable bonds is 4. The van der Waals surface area contributed by atoms with E-state index in [2.05, 4.69) is 30.2 Å². The Kier molecular flexibility index (Phi) is 5.07. The molecule has 3 aromatic heterocycles. The Bertz CT molecular complexity index is 1030. The number of hydrogen-bond acceptors (Lipinski definition) is 8. The summed E-state index contributed by atoms with van der Waals surface area (Å²) in [5.41, 5.74) is 0.700. The van der Waals surface area contributed by atoms with Gasteiger partial charge in [0.25, 0.3) is 11.5 Å². The number of amides is 1. The molecule has 10 nitrogen and oxygen atoms in total. The molecule has 0 atom stereocenters. The zero-order valence-corrected chi connectivity index (χ0v) is 16.2. The lowest BCUT2D eigenvalue weighted by molar-refractivity contribution is 0.0739. The molecule has 0 unspecified atom stereocenters. The number of hydrogen-bond donors (Lipinski definition) is 1. The first kappa shape index (κ1) is 18.8. The number of aromatic amines is 1. The molecule has 0 saturated carbocycles. The van der Waals surface area contributed by atoms with Crippen molar-refractivity contribution in [2.75, 3.05) is 31.1 Å². The van der Waals surface area contributed by atoms with E-state index in [-0.39, 0.29) is 23.1 Å². The number of piperazine rings is 1. The second-order valence-corrected chi connectivity index (χ2v) is 7.10. The number of nitrogens with zero attached hydrogens (tertiary/aromatic N) is 6. The monoisotopic (exact) mass is 395 g/mol. The molecular formula is C19H21N7O3. The molecule has 4 heterocycles. The van der Waals surface area contributed by atoms with E-state index in [0.29, 0.717) is 37.9 Å². The molecule has 29 heavy (non-hydrogen) atoms. The number of anilines is 1. The van der Waals surface area contributed by atoms with Gasteiger partial charge >= 0.3 is 0 Å². The van der Waals surface area contributed by atoms with Crippen LogP contribution < -0.4 is 10.5 Å². The molecule has 1 fully saturated rings. The van der Waals surface area contributed by atoms with E-state index in [1.807, 2.05) is 26.0 Å². The first-order valence-electron chi connectivity index (χ1n) is 9.41. The van der Waals surface area contributed by atoms with Gasteiger partial charge < -0.3 is 14.3 Å². The summed E-state index contributed by atoms with van der Waals surface area (Å²) in [6.45, 7) is 6.39. The second kappa shape index (κ2) is 7.82. The van der Waals surface area contributed by atoms with Gasteiger partial charge in [0.05, 0.1) is 0 Å². The summed E-state index contributed by atoms with van der Waals surface area (Å²) < 4.78 is 5.24. The maximum absolute atomic E-state index is 12.5. The van der Waals surface area contributed by atoms with Gasteiger partial charge in [-0.2, -0.15) is 10.1 Å². The van der Waals surface area contributed by atoms with Crippen molar-refractivity contribution in [3.8, 4) is 11.4 Å². The molecule has 1 amide bonds. The lowest BCUT2D eigenvalue weighted by Crippen LogP contribution is -2.49. The number of carbonyl (C=O) groups is 1. The van der Waals surface area contributed by atoms with E-state index in [1.165, 1.54) is 12.1 Å². The zero-order chi connectivity index (χ0) is 20.4. The SMILES string of the molecule is CC(C)c1nc(-c2ccc(N3CCN(C(=O)c4ccc(=O)[nH]n4)CC3)nc2)no1. The predicted molar refractivity (Wildman–Crippen MR) is 105 cm³/mol.